The van der Waals surface area contributed by atoms with Crippen molar-refractivity contribution in [3.8, 4) is 0 Å². The number of rotatable bonds is 49. The largest absolute Gasteiger partial charge is 0.462 e. The van der Waals surface area contributed by atoms with E-state index in [1.54, 1.807) is 0 Å². The van der Waals surface area contributed by atoms with E-state index in [4.69, 9.17) is 14.2 Å². The van der Waals surface area contributed by atoms with Crippen molar-refractivity contribution in [2.45, 2.75) is 311 Å². The molecular formula is C56H108O6. The number of hydrogen-bond donors (Lipinski definition) is 0. The summed E-state index contributed by atoms with van der Waals surface area (Å²) in [5.41, 5.74) is 0. The Labute approximate surface area is 387 Å². The van der Waals surface area contributed by atoms with Gasteiger partial charge in [0.15, 0.2) is 6.10 Å². The van der Waals surface area contributed by atoms with Crippen LogP contribution in [-0.2, 0) is 28.6 Å². The topological polar surface area (TPSA) is 78.9 Å². The fourth-order valence-electron chi connectivity index (χ4n) is 8.44. The molecule has 0 heterocycles. The van der Waals surface area contributed by atoms with Crippen LogP contribution in [0.4, 0.5) is 0 Å². The van der Waals surface area contributed by atoms with Crippen LogP contribution in [0.1, 0.15) is 305 Å². The minimum absolute atomic E-state index is 0.0652. The zero-order chi connectivity index (χ0) is 45.6. The molecule has 0 aliphatic heterocycles. The Morgan fingerprint density at radius 1 is 0.323 bits per heavy atom. The fourth-order valence-corrected chi connectivity index (χ4v) is 8.44. The van der Waals surface area contributed by atoms with E-state index in [0.717, 1.165) is 75.5 Å². The molecule has 0 aromatic rings. The molecule has 0 aromatic heterocycles. The van der Waals surface area contributed by atoms with E-state index in [9.17, 15) is 14.4 Å². The average Bonchev–Trinajstić information content (AvgIpc) is 3.24. The SMILES string of the molecule is CCC(C)CCCCCCCCCCCCC(=O)OC[C@H](COC(=O)CCCCCCCCCCCCCCCCCCCCC(C)C)OC(=O)CCCCCCCCC(C)C. The van der Waals surface area contributed by atoms with Gasteiger partial charge in [-0.3, -0.25) is 14.4 Å². The third kappa shape index (κ3) is 47.9. The molecule has 0 N–H and O–H groups in total. The third-order valence-electron chi connectivity index (χ3n) is 13.0. The van der Waals surface area contributed by atoms with Crippen molar-refractivity contribution in [3.63, 3.8) is 0 Å². The lowest BCUT2D eigenvalue weighted by Crippen LogP contribution is -2.30. The number of esters is 3. The maximum atomic E-state index is 12.7. The minimum atomic E-state index is -0.763. The average molecular weight is 877 g/mol. The first-order valence-corrected chi connectivity index (χ1v) is 27.6. The summed E-state index contributed by atoms with van der Waals surface area (Å²) in [4.78, 5) is 38.0. The number of unbranched alkanes of at least 4 members (excludes halogenated alkanes) is 31. The summed E-state index contributed by atoms with van der Waals surface area (Å²) in [5, 5.41) is 0. The summed E-state index contributed by atoms with van der Waals surface area (Å²) in [6.45, 7) is 13.7. The highest BCUT2D eigenvalue weighted by atomic mass is 16.6. The van der Waals surface area contributed by atoms with E-state index < -0.39 is 6.10 Å². The molecule has 0 bridgehead atoms. The van der Waals surface area contributed by atoms with Gasteiger partial charge in [0.25, 0.3) is 0 Å². The minimum Gasteiger partial charge on any atom is -0.462 e. The summed E-state index contributed by atoms with van der Waals surface area (Å²) in [5.74, 6) is 1.63. The number of carbonyl (C=O) groups excluding carboxylic acids is 3. The van der Waals surface area contributed by atoms with E-state index in [1.807, 2.05) is 0 Å². The number of ether oxygens (including phenoxy) is 3. The van der Waals surface area contributed by atoms with Crippen molar-refractivity contribution in [1.82, 2.24) is 0 Å². The molecule has 1 unspecified atom stereocenters. The van der Waals surface area contributed by atoms with Gasteiger partial charge in [0, 0.05) is 19.3 Å². The Morgan fingerprint density at radius 2 is 0.565 bits per heavy atom. The lowest BCUT2D eigenvalue weighted by Gasteiger charge is -2.18. The van der Waals surface area contributed by atoms with Gasteiger partial charge >= 0.3 is 17.9 Å². The molecule has 0 amide bonds. The van der Waals surface area contributed by atoms with Crippen molar-refractivity contribution in [3.05, 3.63) is 0 Å². The predicted octanol–water partition coefficient (Wildman–Crippen LogP) is 17.9. The van der Waals surface area contributed by atoms with Crippen LogP contribution in [0.5, 0.6) is 0 Å². The molecule has 0 spiro atoms. The quantitative estimate of drug-likeness (QED) is 0.0344. The molecule has 0 aromatic carbocycles. The van der Waals surface area contributed by atoms with Crippen LogP contribution in [0, 0.1) is 17.8 Å². The molecule has 368 valence electrons. The Hall–Kier alpha value is -1.59. The molecule has 62 heavy (non-hydrogen) atoms. The van der Waals surface area contributed by atoms with Crippen LogP contribution in [-0.4, -0.2) is 37.2 Å². The van der Waals surface area contributed by atoms with Gasteiger partial charge in [0.2, 0.25) is 0 Å². The first-order chi connectivity index (χ1) is 30.1. The lowest BCUT2D eigenvalue weighted by molar-refractivity contribution is -0.167. The maximum Gasteiger partial charge on any atom is 0.306 e. The van der Waals surface area contributed by atoms with Gasteiger partial charge in [-0.05, 0) is 37.0 Å². The molecule has 6 nitrogen and oxygen atoms in total. The molecule has 0 radical (unpaired) electrons. The van der Waals surface area contributed by atoms with Crippen molar-refractivity contribution in [1.29, 1.82) is 0 Å². The van der Waals surface area contributed by atoms with Crippen molar-refractivity contribution < 1.29 is 28.6 Å². The van der Waals surface area contributed by atoms with Crippen LogP contribution < -0.4 is 0 Å². The van der Waals surface area contributed by atoms with Crippen molar-refractivity contribution in [2.75, 3.05) is 13.2 Å². The second-order valence-electron chi connectivity index (χ2n) is 20.4. The Kier molecular flexibility index (Phi) is 46.2. The highest BCUT2D eigenvalue weighted by Gasteiger charge is 2.19. The second kappa shape index (κ2) is 47.4. The van der Waals surface area contributed by atoms with Gasteiger partial charge in [-0.25, -0.2) is 0 Å². The molecule has 0 aliphatic carbocycles. The van der Waals surface area contributed by atoms with Crippen LogP contribution in [0.25, 0.3) is 0 Å². The highest BCUT2D eigenvalue weighted by Crippen LogP contribution is 2.18. The summed E-state index contributed by atoms with van der Waals surface area (Å²) in [6, 6.07) is 0. The Morgan fingerprint density at radius 3 is 0.839 bits per heavy atom. The third-order valence-corrected chi connectivity index (χ3v) is 13.0. The van der Waals surface area contributed by atoms with Gasteiger partial charge in [-0.2, -0.15) is 0 Å². The van der Waals surface area contributed by atoms with Gasteiger partial charge in [0.05, 0.1) is 0 Å². The van der Waals surface area contributed by atoms with Crippen LogP contribution >= 0.6 is 0 Å². The molecule has 0 saturated carbocycles. The van der Waals surface area contributed by atoms with Crippen molar-refractivity contribution >= 4 is 17.9 Å². The van der Waals surface area contributed by atoms with Crippen LogP contribution in [0.15, 0.2) is 0 Å². The predicted molar refractivity (Wildman–Crippen MR) is 266 cm³/mol. The molecule has 0 saturated heterocycles. The zero-order valence-electron chi connectivity index (χ0n) is 42.7. The Bertz CT molecular complexity index is 962. The first kappa shape index (κ1) is 60.4. The summed E-state index contributed by atoms with van der Waals surface area (Å²) >= 11 is 0. The highest BCUT2D eigenvalue weighted by molar-refractivity contribution is 5.71. The first-order valence-electron chi connectivity index (χ1n) is 27.6. The molecule has 0 fully saturated rings. The molecule has 6 heteroatoms. The monoisotopic (exact) mass is 877 g/mol. The smallest absolute Gasteiger partial charge is 0.306 e. The fraction of sp³-hybridized carbons (Fsp3) is 0.946. The van der Waals surface area contributed by atoms with Crippen LogP contribution in [0.2, 0.25) is 0 Å². The second-order valence-corrected chi connectivity index (χ2v) is 20.4. The van der Waals surface area contributed by atoms with E-state index in [-0.39, 0.29) is 31.1 Å². The summed E-state index contributed by atoms with van der Waals surface area (Å²) in [6.07, 6.45) is 48.2. The zero-order valence-corrected chi connectivity index (χ0v) is 42.7. The molecule has 0 rings (SSSR count). The summed E-state index contributed by atoms with van der Waals surface area (Å²) in [7, 11) is 0. The van der Waals surface area contributed by atoms with Gasteiger partial charge in [0.1, 0.15) is 13.2 Å². The van der Waals surface area contributed by atoms with E-state index >= 15 is 0 Å². The lowest BCUT2D eigenvalue weighted by atomic mass is 9.99. The molecule has 0 aliphatic rings. The van der Waals surface area contributed by atoms with E-state index in [0.29, 0.717) is 19.3 Å². The van der Waals surface area contributed by atoms with Gasteiger partial charge in [-0.15, -0.1) is 0 Å². The van der Waals surface area contributed by atoms with Crippen LogP contribution in [0.3, 0.4) is 0 Å². The van der Waals surface area contributed by atoms with Crippen molar-refractivity contribution in [2.24, 2.45) is 17.8 Å². The normalized spacial score (nSPS) is 12.6. The number of hydrogen-bond acceptors (Lipinski definition) is 6. The number of carbonyl (C=O) groups is 3. The van der Waals surface area contributed by atoms with E-state index in [1.165, 1.54) is 186 Å². The van der Waals surface area contributed by atoms with E-state index in [2.05, 4.69) is 41.5 Å². The Balaban J connectivity index is 4.18. The molecular weight excluding hydrogens is 769 g/mol. The maximum absolute atomic E-state index is 12.7. The molecule has 2 atom stereocenters. The summed E-state index contributed by atoms with van der Waals surface area (Å²) < 4.78 is 16.8. The van der Waals surface area contributed by atoms with Gasteiger partial charge in [-0.1, -0.05) is 266 Å². The van der Waals surface area contributed by atoms with Gasteiger partial charge < -0.3 is 14.2 Å². The standard InChI is InChI=1S/C56H108O6/c1-7-52(6)44-38-32-25-21-18-19-23-27-34-40-46-55(58)61-49-53(62-56(59)47-41-35-29-28-31-37-43-51(4)5)48-60-54(57)45-39-33-26-22-17-15-13-11-9-8-10-12-14-16-20-24-30-36-42-50(2)3/h50-53H,7-49H2,1-6H3/t52?,53-/m0/s1.